The Balaban J connectivity index is 2.36. The van der Waals surface area contributed by atoms with Crippen molar-refractivity contribution in [2.24, 2.45) is 11.7 Å². The van der Waals surface area contributed by atoms with Crippen molar-refractivity contribution in [1.82, 2.24) is 0 Å². The highest BCUT2D eigenvalue weighted by Crippen LogP contribution is 2.39. The van der Waals surface area contributed by atoms with Crippen molar-refractivity contribution in [3.63, 3.8) is 0 Å². The molecule has 1 aromatic rings. The molecule has 3 heteroatoms. The zero-order valence-electron chi connectivity index (χ0n) is 9.59. The Kier molecular flexibility index (Phi) is 2.58. The molecule has 1 fully saturated rings. The topological polar surface area (TPSA) is 43.1 Å². The molecular weight excluding hydrogens is 205 g/mol. The van der Waals surface area contributed by atoms with Crippen LogP contribution in [0.2, 0.25) is 0 Å². The Labute approximate surface area is 94.6 Å². The summed E-state index contributed by atoms with van der Waals surface area (Å²) in [7, 11) is 0. The summed E-state index contributed by atoms with van der Waals surface area (Å²) in [4.78, 5) is 12.2. The number of hydrogen-bond donors (Lipinski definition) is 1. The van der Waals surface area contributed by atoms with Crippen molar-refractivity contribution in [1.29, 1.82) is 0 Å². The largest absolute Gasteiger partial charge is 0.319 e. The number of aryl methyl sites for hydroxylation is 1. The summed E-state index contributed by atoms with van der Waals surface area (Å²) in [5, 5.41) is 0. The highest BCUT2D eigenvalue weighted by molar-refractivity contribution is 6.04. The smallest absolute Gasteiger partial charge is 0.182 e. The molecule has 0 spiro atoms. The van der Waals surface area contributed by atoms with E-state index in [1.807, 2.05) is 0 Å². The fourth-order valence-corrected chi connectivity index (χ4v) is 2.00. The average Bonchev–Trinajstić information content (AvgIpc) is 3.04. The molecule has 2 N–H and O–H groups in total. The Morgan fingerprint density at radius 3 is 2.69 bits per heavy atom. The van der Waals surface area contributed by atoms with Gasteiger partial charge in [-0.3, -0.25) is 4.79 Å². The summed E-state index contributed by atoms with van der Waals surface area (Å²) in [5.74, 6) is -0.282. The molecule has 0 bridgehead atoms. The fraction of sp³-hybridized carbons (Fsp3) is 0.462. The summed E-state index contributed by atoms with van der Waals surface area (Å²) >= 11 is 0. The molecule has 1 atom stereocenters. The number of nitrogens with two attached hydrogens (primary N) is 1. The quantitative estimate of drug-likeness (QED) is 0.797. The zero-order valence-corrected chi connectivity index (χ0v) is 9.59. The minimum Gasteiger partial charge on any atom is -0.319 e. The fourth-order valence-electron chi connectivity index (χ4n) is 2.00. The molecular formula is C13H16FNO. The van der Waals surface area contributed by atoms with E-state index in [-0.39, 0.29) is 17.5 Å². The standard InChI is InChI=1S/C13H16FNO/c1-8-3-6-10(14)7-11(8)12(16)13(2,15)9-4-5-9/h3,6-7,9H,4-5,15H2,1-2H3. The van der Waals surface area contributed by atoms with Crippen LogP contribution in [0.15, 0.2) is 18.2 Å². The Morgan fingerprint density at radius 1 is 1.50 bits per heavy atom. The molecule has 0 aromatic heterocycles. The van der Waals surface area contributed by atoms with Gasteiger partial charge in [0.1, 0.15) is 5.82 Å². The Bertz CT molecular complexity index is 436. The highest BCUT2D eigenvalue weighted by atomic mass is 19.1. The predicted molar refractivity (Wildman–Crippen MR) is 60.8 cm³/mol. The van der Waals surface area contributed by atoms with E-state index < -0.39 is 5.54 Å². The van der Waals surface area contributed by atoms with E-state index in [9.17, 15) is 9.18 Å². The average molecular weight is 221 g/mol. The minimum atomic E-state index is -0.849. The SMILES string of the molecule is Cc1ccc(F)cc1C(=O)C(C)(N)C1CC1. The van der Waals surface area contributed by atoms with E-state index in [1.54, 1.807) is 19.9 Å². The minimum absolute atomic E-state index is 0.146. The second kappa shape index (κ2) is 3.67. The molecule has 0 radical (unpaired) electrons. The first-order chi connectivity index (χ1) is 7.43. The first kappa shape index (κ1) is 11.3. The van der Waals surface area contributed by atoms with Crippen LogP contribution in [0.3, 0.4) is 0 Å². The summed E-state index contributed by atoms with van der Waals surface area (Å²) in [6.07, 6.45) is 1.99. The van der Waals surface area contributed by atoms with Gasteiger partial charge in [-0.05, 0) is 50.3 Å². The molecule has 2 rings (SSSR count). The van der Waals surface area contributed by atoms with Gasteiger partial charge in [0.15, 0.2) is 5.78 Å². The van der Waals surface area contributed by atoms with Crippen molar-refractivity contribution in [3.8, 4) is 0 Å². The van der Waals surface area contributed by atoms with Gasteiger partial charge in [-0.25, -0.2) is 4.39 Å². The number of carbonyl (C=O) groups is 1. The summed E-state index contributed by atoms with van der Waals surface area (Å²) in [6, 6.07) is 4.26. The maximum absolute atomic E-state index is 13.1. The lowest BCUT2D eigenvalue weighted by Crippen LogP contribution is -2.47. The maximum atomic E-state index is 13.1. The molecule has 86 valence electrons. The molecule has 1 saturated carbocycles. The van der Waals surface area contributed by atoms with Gasteiger partial charge in [-0.1, -0.05) is 6.07 Å². The lowest BCUT2D eigenvalue weighted by atomic mass is 9.86. The third-order valence-electron chi connectivity index (χ3n) is 3.36. The number of carbonyl (C=O) groups excluding carboxylic acids is 1. The van der Waals surface area contributed by atoms with Gasteiger partial charge in [-0.15, -0.1) is 0 Å². The second-order valence-corrected chi connectivity index (χ2v) is 4.85. The molecule has 0 aliphatic heterocycles. The Hall–Kier alpha value is -1.22. The Morgan fingerprint density at radius 2 is 2.12 bits per heavy atom. The van der Waals surface area contributed by atoms with Crippen molar-refractivity contribution >= 4 is 5.78 Å². The van der Waals surface area contributed by atoms with Gasteiger partial charge < -0.3 is 5.73 Å². The molecule has 1 aliphatic carbocycles. The summed E-state index contributed by atoms with van der Waals surface area (Å²) in [6.45, 7) is 3.55. The van der Waals surface area contributed by atoms with Crippen LogP contribution in [0.4, 0.5) is 4.39 Å². The van der Waals surface area contributed by atoms with Crippen LogP contribution >= 0.6 is 0 Å². The number of ketones is 1. The van der Waals surface area contributed by atoms with E-state index in [0.717, 1.165) is 18.4 Å². The van der Waals surface area contributed by atoms with E-state index in [4.69, 9.17) is 5.73 Å². The van der Waals surface area contributed by atoms with Gasteiger partial charge in [0.05, 0.1) is 5.54 Å². The number of benzene rings is 1. The molecule has 0 amide bonds. The molecule has 1 unspecified atom stereocenters. The van der Waals surface area contributed by atoms with Crippen LogP contribution in [0.5, 0.6) is 0 Å². The van der Waals surface area contributed by atoms with Gasteiger partial charge >= 0.3 is 0 Å². The molecule has 1 aliphatic rings. The first-order valence-electron chi connectivity index (χ1n) is 5.52. The van der Waals surface area contributed by atoms with Gasteiger partial charge in [0.25, 0.3) is 0 Å². The van der Waals surface area contributed by atoms with Gasteiger partial charge in [0.2, 0.25) is 0 Å². The first-order valence-corrected chi connectivity index (χ1v) is 5.52. The number of hydrogen-bond acceptors (Lipinski definition) is 2. The van der Waals surface area contributed by atoms with E-state index in [1.165, 1.54) is 12.1 Å². The van der Waals surface area contributed by atoms with Crippen molar-refractivity contribution in [2.75, 3.05) is 0 Å². The normalized spacial score (nSPS) is 19.2. The molecule has 0 saturated heterocycles. The predicted octanol–water partition coefficient (Wildman–Crippen LogP) is 2.44. The van der Waals surface area contributed by atoms with Gasteiger partial charge in [0, 0.05) is 5.56 Å². The maximum Gasteiger partial charge on any atom is 0.182 e. The number of Topliss-reactive ketones (excluding diaryl/α,β-unsaturated/α-hetero) is 1. The van der Waals surface area contributed by atoms with Crippen LogP contribution in [0, 0.1) is 18.7 Å². The molecule has 2 nitrogen and oxygen atoms in total. The van der Waals surface area contributed by atoms with Crippen LogP contribution in [0.1, 0.15) is 35.7 Å². The van der Waals surface area contributed by atoms with Crippen molar-refractivity contribution in [2.45, 2.75) is 32.2 Å². The van der Waals surface area contributed by atoms with E-state index in [0.29, 0.717) is 5.56 Å². The number of halogens is 1. The molecule has 16 heavy (non-hydrogen) atoms. The highest BCUT2D eigenvalue weighted by Gasteiger charge is 2.44. The van der Waals surface area contributed by atoms with Crippen LogP contribution in [0.25, 0.3) is 0 Å². The molecule has 0 heterocycles. The third kappa shape index (κ3) is 1.87. The number of rotatable bonds is 3. The van der Waals surface area contributed by atoms with Gasteiger partial charge in [-0.2, -0.15) is 0 Å². The van der Waals surface area contributed by atoms with Crippen LogP contribution in [-0.4, -0.2) is 11.3 Å². The van der Waals surface area contributed by atoms with E-state index in [2.05, 4.69) is 0 Å². The van der Waals surface area contributed by atoms with Crippen LogP contribution in [-0.2, 0) is 0 Å². The lowest BCUT2D eigenvalue weighted by Gasteiger charge is -2.23. The van der Waals surface area contributed by atoms with E-state index >= 15 is 0 Å². The monoisotopic (exact) mass is 221 g/mol. The summed E-state index contributed by atoms with van der Waals surface area (Å²) in [5.41, 5.74) is 6.39. The lowest BCUT2D eigenvalue weighted by molar-refractivity contribution is 0.0882. The van der Waals surface area contributed by atoms with Crippen molar-refractivity contribution < 1.29 is 9.18 Å². The zero-order chi connectivity index (χ0) is 11.9. The third-order valence-corrected chi connectivity index (χ3v) is 3.36. The van der Waals surface area contributed by atoms with Crippen LogP contribution < -0.4 is 5.73 Å². The summed E-state index contributed by atoms with van der Waals surface area (Å²) < 4.78 is 13.1. The second-order valence-electron chi connectivity index (χ2n) is 4.85. The molecule has 1 aromatic carbocycles. The van der Waals surface area contributed by atoms with Crippen molar-refractivity contribution in [3.05, 3.63) is 35.1 Å².